The van der Waals surface area contributed by atoms with Crippen molar-refractivity contribution in [2.45, 2.75) is 26.3 Å². The number of benzene rings is 1. The van der Waals surface area contributed by atoms with E-state index in [9.17, 15) is 9.59 Å². The SMILES string of the molecule is CCOC(=O)Cc1csc(NC(=O)CNC(C)c2ccccc2Br)n1. The number of nitrogens with zero attached hydrogens (tertiary/aromatic N) is 1. The second-order valence-electron chi connectivity index (χ2n) is 5.30. The highest BCUT2D eigenvalue weighted by Gasteiger charge is 2.13. The molecule has 6 nitrogen and oxygen atoms in total. The molecule has 8 heteroatoms. The molecule has 0 bridgehead atoms. The first kappa shape index (κ1) is 19.6. The summed E-state index contributed by atoms with van der Waals surface area (Å²) in [6.45, 7) is 4.25. The maximum atomic E-state index is 12.1. The third-order valence-corrected chi connectivity index (χ3v) is 4.90. The number of anilines is 1. The van der Waals surface area contributed by atoms with E-state index in [4.69, 9.17) is 4.74 Å². The average Bonchev–Trinajstić information content (AvgIpc) is 3.00. The smallest absolute Gasteiger partial charge is 0.311 e. The molecule has 0 saturated heterocycles. The number of carbonyl (C=O) groups is 2. The molecule has 2 aromatic rings. The fraction of sp³-hybridized carbons (Fsp3) is 0.353. The number of hydrogen-bond acceptors (Lipinski definition) is 6. The van der Waals surface area contributed by atoms with Crippen LogP contribution in [0.4, 0.5) is 5.13 Å². The average molecular weight is 426 g/mol. The first-order valence-corrected chi connectivity index (χ1v) is 9.54. The van der Waals surface area contributed by atoms with E-state index in [0.29, 0.717) is 17.4 Å². The lowest BCUT2D eigenvalue weighted by Gasteiger charge is -2.15. The highest BCUT2D eigenvalue weighted by Crippen LogP contribution is 2.22. The summed E-state index contributed by atoms with van der Waals surface area (Å²) in [5, 5.41) is 8.12. The number of amides is 1. The Labute approximate surface area is 159 Å². The van der Waals surface area contributed by atoms with Crippen molar-refractivity contribution in [2.75, 3.05) is 18.5 Å². The van der Waals surface area contributed by atoms with E-state index in [0.717, 1.165) is 10.0 Å². The van der Waals surface area contributed by atoms with Crippen LogP contribution in [0.15, 0.2) is 34.1 Å². The Hall–Kier alpha value is -1.77. The van der Waals surface area contributed by atoms with Gasteiger partial charge in [0.05, 0.1) is 25.3 Å². The summed E-state index contributed by atoms with van der Waals surface area (Å²) in [5.74, 6) is -0.509. The van der Waals surface area contributed by atoms with E-state index in [-0.39, 0.29) is 30.9 Å². The molecule has 0 spiro atoms. The molecule has 0 aliphatic heterocycles. The van der Waals surface area contributed by atoms with Crippen LogP contribution in [-0.2, 0) is 20.7 Å². The van der Waals surface area contributed by atoms with Crippen LogP contribution in [0.2, 0.25) is 0 Å². The molecule has 2 N–H and O–H groups in total. The molecule has 0 saturated carbocycles. The largest absolute Gasteiger partial charge is 0.466 e. The van der Waals surface area contributed by atoms with Gasteiger partial charge < -0.3 is 15.4 Å². The van der Waals surface area contributed by atoms with Crippen molar-refractivity contribution in [2.24, 2.45) is 0 Å². The van der Waals surface area contributed by atoms with Gasteiger partial charge in [0.1, 0.15) is 0 Å². The van der Waals surface area contributed by atoms with Crippen molar-refractivity contribution < 1.29 is 14.3 Å². The van der Waals surface area contributed by atoms with Gasteiger partial charge in [-0.2, -0.15) is 0 Å². The molecular formula is C17H20BrN3O3S. The highest BCUT2D eigenvalue weighted by molar-refractivity contribution is 9.10. The van der Waals surface area contributed by atoms with Gasteiger partial charge in [0.2, 0.25) is 5.91 Å². The van der Waals surface area contributed by atoms with Crippen LogP contribution in [0, 0.1) is 0 Å². The van der Waals surface area contributed by atoms with Crippen molar-refractivity contribution >= 4 is 44.3 Å². The number of rotatable bonds is 8. The Morgan fingerprint density at radius 2 is 2.12 bits per heavy atom. The van der Waals surface area contributed by atoms with Crippen molar-refractivity contribution in [3.63, 3.8) is 0 Å². The van der Waals surface area contributed by atoms with E-state index < -0.39 is 0 Å². The molecule has 1 unspecified atom stereocenters. The van der Waals surface area contributed by atoms with Crippen LogP contribution in [0.1, 0.15) is 31.1 Å². The Morgan fingerprint density at radius 1 is 1.36 bits per heavy atom. The molecule has 0 aliphatic rings. The Balaban J connectivity index is 1.81. The Morgan fingerprint density at radius 3 is 2.84 bits per heavy atom. The standard InChI is InChI=1S/C17H20BrN3O3S/c1-3-24-16(23)8-12-10-25-17(20-12)21-15(22)9-19-11(2)13-6-4-5-7-14(13)18/h4-7,10-11,19H,3,8-9H2,1-2H3,(H,20,21,22). The van der Waals surface area contributed by atoms with Crippen molar-refractivity contribution in [3.05, 3.63) is 45.4 Å². The zero-order chi connectivity index (χ0) is 18.2. The van der Waals surface area contributed by atoms with Gasteiger partial charge in [0.15, 0.2) is 5.13 Å². The summed E-state index contributed by atoms with van der Waals surface area (Å²) >= 11 is 4.79. The molecule has 25 heavy (non-hydrogen) atoms. The molecule has 0 fully saturated rings. The summed E-state index contributed by atoms with van der Waals surface area (Å²) < 4.78 is 5.88. The third-order valence-electron chi connectivity index (χ3n) is 3.37. The predicted molar refractivity (Wildman–Crippen MR) is 102 cm³/mol. The molecule has 2 rings (SSSR count). The quantitative estimate of drug-likeness (QED) is 0.634. The molecular weight excluding hydrogens is 406 g/mol. The van der Waals surface area contributed by atoms with Gasteiger partial charge in [-0.3, -0.25) is 9.59 Å². The van der Waals surface area contributed by atoms with Crippen LogP contribution in [0.5, 0.6) is 0 Å². The van der Waals surface area contributed by atoms with Gasteiger partial charge >= 0.3 is 5.97 Å². The number of hydrogen-bond donors (Lipinski definition) is 2. The lowest BCUT2D eigenvalue weighted by atomic mass is 10.1. The Bertz CT molecular complexity index is 735. The number of esters is 1. The first-order valence-electron chi connectivity index (χ1n) is 7.87. The number of nitrogens with one attached hydrogen (secondary N) is 2. The highest BCUT2D eigenvalue weighted by atomic mass is 79.9. The fourth-order valence-corrected chi connectivity index (χ4v) is 3.51. The molecule has 0 radical (unpaired) electrons. The van der Waals surface area contributed by atoms with Crippen LogP contribution in [0.3, 0.4) is 0 Å². The van der Waals surface area contributed by atoms with Gasteiger partial charge in [-0.1, -0.05) is 34.1 Å². The maximum Gasteiger partial charge on any atom is 0.311 e. The normalized spacial score (nSPS) is 11.8. The van der Waals surface area contributed by atoms with Crippen LogP contribution in [0.25, 0.3) is 0 Å². The van der Waals surface area contributed by atoms with E-state index in [1.807, 2.05) is 31.2 Å². The zero-order valence-corrected chi connectivity index (χ0v) is 16.4. The van der Waals surface area contributed by atoms with Gasteiger partial charge in [0, 0.05) is 15.9 Å². The van der Waals surface area contributed by atoms with Crippen LogP contribution >= 0.6 is 27.3 Å². The second kappa shape index (κ2) is 9.65. The first-order chi connectivity index (χ1) is 12.0. The second-order valence-corrected chi connectivity index (χ2v) is 7.01. The third kappa shape index (κ3) is 6.22. The number of carbonyl (C=O) groups excluding carboxylic acids is 2. The van der Waals surface area contributed by atoms with Crippen molar-refractivity contribution in [3.8, 4) is 0 Å². The number of halogens is 1. The molecule has 1 aromatic heterocycles. The van der Waals surface area contributed by atoms with Crippen molar-refractivity contribution in [1.29, 1.82) is 0 Å². The van der Waals surface area contributed by atoms with E-state index in [2.05, 4.69) is 31.5 Å². The molecule has 1 amide bonds. The van der Waals surface area contributed by atoms with Gasteiger partial charge in [-0.05, 0) is 25.5 Å². The monoisotopic (exact) mass is 425 g/mol. The summed E-state index contributed by atoms with van der Waals surface area (Å²) in [6.07, 6.45) is 0.109. The van der Waals surface area contributed by atoms with Crippen molar-refractivity contribution in [1.82, 2.24) is 10.3 Å². The molecule has 1 heterocycles. The summed E-state index contributed by atoms with van der Waals surface area (Å²) in [4.78, 5) is 27.7. The maximum absolute atomic E-state index is 12.1. The molecule has 134 valence electrons. The topological polar surface area (TPSA) is 80.3 Å². The number of ether oxygens (including phenoxy) is 1. The summed E-state index contributed by atoms with van der Waals surface area (Å²) in [5.41, 5.74) is 1.68. The number of thiazole rings is 1. The lowest BCUT2D eigenvalue weighted by Crippen LogP contribution is -2.30. The molecule has 0 aliphatic carbocycles. The van der Waals surface area contributed by atoms with E-state index >= 15 is 0 Å². The lowest BCUT2D eigenvalue weighted by molar-refractivity contribution is -0.142. The van der Waals surface area contributed by atoms with Gasteiger partial charge in [0.25, 0.3) is 0 Å². The summed E-state index contributed by atoms with van der Waals surface area (Å²) in [7, 11) is 0. The van der Waals surface area contributed by atoms with Crippen LogP contribution < -0.4 is 10.6 Å². The van der Waals surface area contributed by atoms with Gasteiger partial charge in [-0.25, -0.2) is 4.98 Å². The minimum absolute atomic E-state index is 0.0250. The van der Waals surface area contributed by atoms with Crippen LogP contribution in [-0.4, -0.2) is 30.0 Å². The minimum Gasteiger partial charge on any atom is -0.466 e. The fourth-order valence-electron chi connectivity index (χ4n) is 2.15. The summed E-state index contributed by atoms with van der Waals surface area (Å²) in [6, 6.07) is 7.90. The predicted octanol–water partition coefficient (Wildman–Crippen LogP) is 3.30. The Kier molecular flexibility index (Phi) is 7.54. The van der Waals surface area contributed by atoms with Gasteiger partial charge in [-0.15, -0.1) is 11.3 Å². The van der Waals surface area contributed by atoms with E-state index in [1.165, 1.54) is 11.3 Å². The van der Waals surface area contributed by atoms with E-state index in [1.54, 1.807) is 12.3 Å². The molecule has 1 atom stereocenters. The molecule has 1 aromatic carbocycles. The zero-order valence-electron chi connectivity index (χ0n) is 14.0. The number of aromatic nitrogens is 1. The minimum atomic E-state index is -0.324.